The van der Waals surface area contributed by atoms with Gasteiger partial charge in [-0.2, -0.15) is 4.31 Å². The van der Waals surface area contributed by atoms with Crippen LogP contribution in [0.25, 0.3) is 0 Å². The number of hydrogen-bond acceptors (Lipinski definition) is 4. The van der Waals surface area contributed by atoms with Crippen LogP contribution in [0.3, 0.4) is 0 Å². The number of carbonyl (C=O) groups excluding carboxylic acids is 2. The quantitative estimate of drug-likeness (QED) is 0.817. The summed E-state index contributed by atoms with van der Waals surface area (Å²) in [7, 11) is -3.56. The van der Waals surface area contributed by atoms with Gasteiger partial charge >= 0.3 is 0 Å². The van der Waals surface area contributed by atoms with Gasteiger partial charge in [0.25, 0.3) is 5.91 Å². The lowest BCUT2D eigenvalue weighted by molar-refractivity contribution is -0.117. The van der Waals surface area contributed by atoms with Gasteiger partial charge < -0.3 is 10.2 Å². The Hall–Kier alpha value is -2.71. The summed E-state index contributed by atoms with van der Waals surface area (Å²) in [5, 5.41) is 2.78. The van der Waals surface area contributed by atoms with Gasteiger partial charge in [0.2, 0.25) is 15.9 Å². The molecule has 7 nitrogen and oxygen atoms in total. The highest BCUT2D eigenvalue weighted by Crippen LogP contribution is 2.27. The summed E-state index contributed by atoms with van der Waals surface area (Å²) in [5.74, 6) is -0.375. The second-order valence-corrected chi connectivity index (χ2v) is 9.20. The van der Waals surface area contributed by atoms with Crippen molar-refractivity contribution in [3.05, 3.63) is 54.1 Å². The van der Waals surface area contributed by atoms with Crippen molar-refractivity contribution in [2.75, 3.05) is 29.9 Å². The van der Waals surface area contributed by atoms with Gasteiger partial charge in [-0.3, -0.25) is 9.59 Å². The molecule has 2 saturated heterocycles. The maximum absolute atomic E-state index is 12.9. The van der Waals surface area contributed by atoms with E-state index >= 15 is 0 Å². The Morgan fingerprint density at radius 3 is 2.41 bits per heavy atom. The molecule has 1 N–H and O–H groups in total. The van der Waals surface area contributed by atoms with Crippen molar-refractivity contribution in [2.45, 2.75) is 30.6 Å². The fraction of sp³-hybridized carbons (Fsp3) is 0.333. The van der Waals surface area contributed by atoms with Crippen LogP contribution in [0.5, 0.6) is 0 Å². The largest absolute Gasteiger partial charge is 0.322 e. The van der Waals surface area contributed by atoms with Gasteiger partial charge in [0.1, 0.15) is 0 Å². The molecule has 2 aromatic rings. The van der Waals surface area contributed by atoms with Crippen molar-refractivity contribution in [3.8, 4) is 0 Å². The number of benzene rings is 2. The Bertz CT molecular complexity index is 1050. The summed E-state index contributed by atoms with van der Waals surface area (Å²) in [6.45, 7) is 1.64. The first-order valence-electron chi connectivity index (χ1n) is 9.78. The van der Waals surface area contributed by atoms with Crippen LogP contribution in [0.1, 0.15) is 36.0 Å². The summed E-state index contributed by atoms with van der Waals surface area (Å²) in [6.07, 6.45) is 2.97. The Kier molecular flexibility index (Phi) is 5.38. The lowest BCUT2D eigenvalue weighted by Crippen LogP contribution is -2.28. The smallest absolute Gasteiger partial charge is 0.257 e. The highest BCUT2D eigenvalue weighted by molar-refractivity contribution is 7.89. The Morgan fingerprint density at radius 2 is 1.69 bits per heavy atom. The minimum Gasteiger partial charge on any atom is -0.322 e. The van der Waals surface area contributed by atoms with Crippen LogP contribution in [-0.4, -0.2) is 44.2 Å². The topological polar surface area (TPSA) is 86.8 Å². The molecule has 29 heavy (non-hydrogen) atoms. The lowest BCUT2D eigenvalue weighted by Gasteiger charge is -2.19. The molecule has 8 heteroatoms. The van der Waals surface area contributed by atoms with Crippen LogP contribution >= 0.6 is 0 Å². The van der Waals surface area contributed by atoms with Crippen molar-refractivity contribution in [3.63, 3.8) is 0 Å². The van der Waals surface area contributed by atoms with E-state index in [9.17, 15) is 18.0 Å². The van der Waals surface area contributed by atoms with Gasteiger partial charge in [0.05, 0.1) is 16.1 Å². The van der Waals surface area contributed by atoms with E-state index < -0.39 is 10.0 Å². The molecule has 152 valence electrons. The zero-order valence-corrected chi connectivity index (χ0v) is 16.8. The molecule has 2 aromatic carbocycles. The van der Waals surface area contributed by atoms with E-state index in [0.717, 1.165) is 19.3 Å². The van der Waals surface area contributed by atoms with E-state index in [0.29, 0.717) is 43.0 Å². The van der Waals surface area contributed by atoms with Gasteiger partial charge in [-0.15, -0.1) is 0 Å². The molecule has 0 bridgehead atoms. The number of anilines is 2. The molecule has 0 spiro atoms. The first-order valence-corrected chi connectivity index (χ1v) is 11.2. The van der Waals surface area contributed by atoms with Gasteiger partial charge in [-0.1, -0.05) is 18.2 Å². The fourth-order valence-electron chi connectivity index (χ4n) is 3.81. The van der Waals surface area contributed by atoms with E-state index in [1.54, 1.807) is 47.4 Å². The number of nitrogens with zero attached hydrogens (tertiary/aromatic N) is 2. The Balaban J connectivity index is 1.58. The van der Waals surface area contributed by atoms with E-state index in [4.69, 9.17) is 0 Å². The number of para-hydroxylation sites is 1. The van der Waals surface area contributed by atoms with Gasteiger partial charge in [-0.05, 0) is 49.6 Å². The number of nitrogens with one attached hydrogen (secondary N) is 1. The molecule has 4 rings (SSSR count). The van der Waals surface area contributed by atoms with Crippen LogP contribution in [-0.2, 0) is 14.8 Å². The molecule has 2 heterocycles. The van der Waals surface area contributed by atoms with E-state index in [-0.39, 0.29) is 16.7 Å². The lowest BCUT2D eigenvalue weighted by atomic mass is 10.1. The van der Waals surface area contributed by atoms with E-state index in [1.165, 1.54) is 10.4 Å². The zero-order valence-electron chi connectivity index (χ0n) is 16.0. The summed E-state index contributed by atoms with van der Waals surface area (Å²) in [4.78, 5) is 26.8. The molecule has 0 unspecified atom stereocenters. The van der Waals surface area contributed by atoms with Crippen LogP contribution in [0, 0.1) is 0 Å². The molecule has 0 aliphatic carbocycles. The molecular formula is C21H23N3O4S. The normalized spacial score (nSPS) is 17.7. The molecule has 0 aromatic heterocycles. The number of hydrogen-bond donors (Lipinski definition) is 1. The standard InChI is InChI=1S/C21H23N3O4S/c25-20-11-6-14-24(20)19-10-2-1-9-18(19)21(26)22-16-7-5-8-17(15-16)29(27,28)23-12-3-4-13-23/h1-2,5,7-10,15H,3-4,6,11-14H2,(H,22,26). The summed E-state index contributed by atoms with van der Waals surface area (Å²) >= 11 is 0. The number of rotatable bonds is 5. The van der Waals surface area contributed by atoms with Crippen molar-refractivity contribution >= 4 is 33.2 Å². The highest BCUT2D eigenvalue weighted by Gasteiger charge is 2.28. The molecular weight excluding hydrogens is 390 g/mol. The maximum atomic E-state index is 12.9. The Morgan fingerprint density at radius 1 is 0.931 bits per heavy atom. The molecule has 2 aliphatic heterocycles. The Labute approximate surface area is 170 Å². The average Bonchev–Trinajstić information content (AvgIpc) is 3.40. The third kappa shape index (κ3) is 3.90. The predicted octanol–water partition coefficient (Wildman–Crippen LogP) is 2.85. The predicted molar refractivity (Wildman–Crippen MR) is 110 cm³/mol. The zero-order chi connectivity index (χ0) is 20.4. The van der Waals surface area contributed by atoms with Crippen LogP contribution in [0.4, 0.5) is 11.4 Å². The first-order chi connectivity index (χ1) is 14.0. The minimum absolute atomic E-state index is 0.00366. The van der Waals surface area contributed by atoms with Crippen molar-refractivity contribution in [1.29, 1.82) is 0 Å². The summed E-state index contributed by atoms with van der Waals surface area (Å²) < 4.78 is 27.0. The number of carbonyl (C=O) groups is 2. The first kappa shape index (κ1) is 19.6. The van der Waals surface area contributed by atoms with Crippen LogP contribution in [0.15, 0.2) is 53.4 Å². The second kappa shape index (κ2) is 7.96. The van der Waals surface area contributed by atoms with Gasteiger partial charge in [0, 0.05) is 31.7 Å². The number of sulfonamides is 1. The summed E-state index contributed by atoms with van der Waals surface area (Å²) in [5.41, 5.74) is 1.36. The third-order valence-electron chi connectivity index (χ3n) is 5.31. The van der Waals surface area contributed by atoms with Gasteiger partial charge in [0.15, 0.2) is 0 Å². The van der Waals surface area contributed by atoms with Gasteiger partial charge in [-0.25, -0.2) is 8.42 Å². The maximum Gasteiger partial charge on any atom is 0.257 e. The number of amides is 2. The van der Waals surface area contributed by atoms with E-state index in [1.807, 2.05) is 0 Å². The molecule has 0 saturated carbocycles. The van der Waals surface area contributed by atoms with Crippen molar-refractivity contribution in [1.82, 2.24) is 4.31 Å². The molecule has 2 fully saturated rings. The van der Waals surface area contributed by atoms with Crippen molar-refractivity contribution in [2.24, 2.45) is 0 Å². The third-order valence-corrected chi connectivity index (χ3v) is 7.20. The highest BCUT2D eigenvalue weighted by atomic mass is 32.2. The molecule has 0 atom stereocenters. The summed E-state index contributed by atoms with van der Waals surface area (Å²) in [6, 6.07) is 13.3. The molecule has 2 amide bonds. The monoisotopic (exact) mass is 413 g/mol. The average molecular weight is 413 g/mol. The van der Waals surface area contributed by atoms with Crippen LogP contribution in [0.2, 0.25) is 0 Å². The SMILES string of the molecule is O=C(Nc1cccc(S(=O)(=O)N2CCCC2)c1)c1ccccc1N1CCCC1=O. The molecule has 0 radical (unpaired) electrons. The van der Waals surface area contributed by atoms with Crippen molar-refractivity contribution < 1.29 is 18.0 Å². The van der Waals surface area contributed by atoms with Crippen LogP contribution < -0.4 is 10.2 Å². The van der Waals surface area contributed by atoms with E-state index in [2.05, 4.69) is 5.32 Å². The second-order valence-electron chi connectivity index (χ2n) is 7.26. The molecule has 2 aliphatic rings. The minimum atomic E-state index is -3.56. The fourth-order valence-corrected chi connectivity index (χ4v) is 5.38.